The average molecular weight is 245 g/mol. The lowest BCUT2D eigenvalue weighted by Gasteiger charge is -2.42. The molecule has 2 heteroatoms. The predicted molar refractivity (Wildman–Crippen MR) is 73.7 cm³/mol. The number of aliphatic hydroxyl groups is 1. The molecule has 1 aliphatic carbocycles. The van der Waals surface area contributed by atoms with Crippen LogP contribution in [0.25, 0.3) is 0 Å². The maximum atomic E-state index is 9.55. The average Bonchev–Trinajstić information content (AvgIpc) is 2.46. The summed E-state index contributed by atoms with van der Waals surface area (Å²) in [5, 5.41) is 9.55. The molecule has 3 rings (SSSR count). The lowest BCUT2D eigenvalue weighted by Crippen LogP contribution is -2.49. The van der Waals surface area contributed by atoms with Gasteiger partial charge in [0, 0.05) is 12.1 Å². The first-order chi connectivity index (χ1) is 8.88. The summed E-state index contributed by atoms with van der Waals surface area (Å²) in [6.45, 7) is 1.51. The van der Waals surface area contributed by atoms with Crippen LogP contribution in [-0.2, 0) is 12.8 Å². The van der Waals surface area contributed by atoms with Crippen molar-refractivity contribution in [1.82, 2.24) is 4.90 Å². The lowest BCUT2D eigenvalue weighted by molar-refractivity contribution is 0.0475. The monoisotopic (exact) mass is 245 g/mol. The summed E-state index contributed by atoms with van der Waals surface area (Å²) in [4.78, 5) is 2.58. The standard InChI is InChI=1S/C16H23NO/c18-12-16-7-3-4-10-17(16)15-9-8-13-5-1-2-6-14(13)11-15/h1-2,5-6,15-16,18H,3-4,7-12H2/t15-,16+/m1/s1. The zero-order valence-electron chi connectivity index (χ0n) is 11.0. The first-order valence-electron chi connectivity index (χ1n) is 7.32. The van der Waals surface area contributed by atoms with Gasteiger partial charge in [-0.25, -0.2) is 0 Å². The van der Waals surface area contributed by atoms with Crippen LogP contribution in [0, 0.1) is 0 Å². The minimum absolute atomic E-state index is 0.331. The Kier molecular flexibility index (Phi) is 3.67. The Morgan fingerprint density at radius 2 is 1.94 bits per heavy atom. The van der Waals surface area contributed by atoms with E-state index in [-0.39, 0.29) is 0 Å². The molecule has 0 radical (unpaired) electrons. The molecule has 2 aliphatic rings. The third kappa shape index (κ3) is 2.32. The highest BCUT2D eigenvalue weighted by atomic mass is 16.3. The van der Waals surface area contributed by atoms with E-state index in [1.807, 2.05) is 0 Å². The number of piperidine rings is 1. The van der Waals surface area contributed by atoms with Crippen LogP contribution in [0.2, 0.25) is 0 Å². The third-order valence-electron chi connectivity index (χ3n) is 4.67. The molecule has 0 saturated carbocycles. The molecule has 1 heterocycles. The molecule has 0 aromatic heterocycles. The molecule has 2 nitrogen and oxygen atoms in total. The zero-order valence-corrected chi connectivity index (χ0v) is 11.0. The van der Waals surface area contributed by atoms with Crippen LogP contribution >= 0.6 is 0 Å². The number of fused-ring (bicyclic) bond motifs is 1. The molecule has 18 heavy (non-hydrogen) atoms. The molecular formula is C16H23NO. The summed E-state index contributed by atoms with van der Waals surface area (Å²) in [5.41, 5.74) is 3.06. The van der Waals surface area contributed by atoms with E-state index >= 15 is 0 Å². The Morgan fingerprint density at radius 3 is 2.78 bits per heavy atom. The van der Waals surface area contributed by atoms with E-state index in [0.29, 0.717) is 18.7 Å². The normalized spacial score (nSPS) is 28.9. The largest absolute Gasteiger partial charge is 0.395 e. The van der Waals surface area contributed by atoms with E-state index in [1.54, 1.807) is 0 Å². The number of nitrogens with zero attached hydrogens (tertiary/aromatic N) is 1. The molecule has 1 aromatic rings. The second-order valence-corrected chi connectivity index (χ2v) is 5.74. The SMILES string of the molecule is OC[C@@H]1CCCCN1[C@@H]1CCc2ccccc2C1. The summed E-state index contributed by atoms with van der Waals surface area (Å²) in [6, 6.07) is 9.91. The van der Waals surface area contributed by atoms with Crippen LogP contribution in [0.15, 0.2) is 24.3 Å². The Labute approximate surface area is 110 Å². The first-order valence-corrected chi connectivity index (χ1v) is 7.32. The van der Waals surface area contributed by atoms with Gasteiger partial charge in [-0.05, 0) is 49.8 Å². The van der Waals surface area contributed by atoms with Crippen molar-refractivity contribution in [3.8, 4) is 0 Å². The van der Waals surface area contributed by atoms with Crippen molar-refractivity contribution in [2.24, 2.45) is 0 Å². The van der Waals surface area contributed by atoms with E-state index in [0.717, 1.165) is 0 Å². The third-order valence-corrected chi connectivity index (χ3v) is 4.67. The fraction of sp³-hybridized carbons (Fsp3) is 0.625. The van der Waals surface area contributed by atoms with Gasteiger partial charge in [0.2, 0.25) is 0 Å². The van der Waals surface area contributed by atoms with E-state index in [1.165, 1.54) is 56.2 Å². The number of aryl methyl sites for hydroxylation is 1. The summed E-state index contributed by atoms with van der Waals surface area (Å²) >= 11 is 0. The maximum Gasteiger partial charge on any atom is 0.0586 e. The van der Waals surface area contributed by atoms with Gasteiger partial charge in [-0.15, -0.1) is 0 Å². The summed E-state index contributed by atoms with van der Waals surface area (Å²) in [5.74, 6) is 0. The molecule has 1 aliphatic heterocycles. The Bertz CT molecular complexity index is 404. The smallest absolute Gasteiger partial charge is 0.0586 e. The van der Waals surface area contributed by atoms with Crippen molar-refractivity contribution in [1.29, 1.82) is 0 Å². The van der Waals surface area contributed by atoms with Gasteiger partial charge in [-0.2, -0.15) is 0 Å². The highest BCUT2D eigenvalue weighted by Gasteiger charge is 2.30. The number of likely N-dealkylation sites (tertiary alicyclic amines) is 1. The fourth-order valence-corrected chi connectivity index (χ4v) is 3.66. The van der Waals surface area contributed by atoms with Crippen LogP contribution in [0.1, 0.15) is 36.8 Å². The van der Waals surface area contributed by atoms with Crippen LogP contribution in [0.4, 0.5) is 0 Å². The molecule has 1 fully saturated rings. The highest BCUT2D eigenvalue weighted by molar-refractivity contribution is 5.30. The topological polar surface area (TPSA) is 23.5 Å². The first kappa shape index (κ1) is 12.2. The van der Waals surface area contributed by atoms with E-state index in [4.69, 9.17) is 0 Å². The van der Waals surface area contributed by atoms with Gasteiger partial charge < -0.3 is 5.11 Å². The van der Waals surface area contributed by atoms with Crippen molar-refractivity contribution in [2.75, 3.05) is 13.2 Å². The van der Waals surface area contributed by atoms with Gasteiger partial charge in [-0.3, -0.25) is 4.90 Å². The van der Waals surface area contributed by atoms with Gasteiger partial charge in [0.1, 0.15) is 0 Å². The van der Waals surface area contributed by atoms with E-state index in [2.05, 4.69) is 29.2 Å². The summed E-state index contributed by atoms with van der Waals surface area (Å²) in [6.07, 6.45) is 7.39. The molecule has 2 atom stereocenters. The Hall–Kier alpha value is -0.860. The number of aliphatic hydroxyl groups excluding tert-OH is 1. The van der Waals surface area contributed by atoms with Crippen LogP contribution in [0.3, 0.4) is 0 Å². The van der Waals surface area contributed by atoms with Crippen molar-refractivity contribution in [3.63, 3.8) is 0 Å². The van der Waals surface area contributed by atoms with Crippen molar-refractivity contribution in [2.45, 2.75) is 50.6 Å². The Morgan fingerprint density at radius 1 is 1.11 bits per heavy atom. The van der Waals surface area contributed by atoms with E-state index in [9.17, 15) is 5.11 Å². The quantitative estimate of drug-likeness (QED) is 0.865. The Balaban J connectivity index is 1.74. The minimum atomic E-state index is 0.331. The molecule has 98 valence electrons. The number of rotatable bonds is 2. The van der Waals surface area contributed by atoms with E-state index < -0.39 is 0 Å². The number of benzene rings is 1. The van der Waals surface area contributed by atoms with Crippen molar-refractivity contribution >= 4 is 0 Å². The number of hydrogen-bond donors (Lipinski definition) is 1. The van der Waals surface area contributed by atoms with Gasteiger partial charge in [0.15, 0.2) is 0 Å². The zero-order chi connectivity index (χ0) is 12.4. The maximum absolute atomic E-state index is 9.55. The molecule has 0 unspecified atom stereocenters. The van der Waals surface area contributed by atoms with Crippen LogP contribution in [-0.4, -0.2) is 35.2 Å². The molecule has 1 N–H and O–H groups in total. The predicted octanol–water partition coefficient (Wildman–Crippen LogP) is 2.39. The molecule has 1 saturated heterocycles. The highest BCUT2D eigenvalue weighted by Crippen LogP contribution is 2.28. The lowest BCUT2D eigenvalue weighted by atomic mass is 9.85. The van der Waals surface area contributed by atoms with Crippen molar-refractivity contribution in [3.05, 3.63) is 35.4 Å². The second kappa shape index (κ2) is 5.41. The van der Waals surface area contributed by atoms with Crippen LogP contribution in [0.5, 0.6) is 0 Å². The molecule has 0 amide bonds. The molecule has 1 aromatic carbocycles. The molecule has 0 spiro atoms. The van der Waals surface area contributed by atoms with Gasteiger partial charge in [0.25, 0.3) is 0 Å². The summed E-state index contributed by atoms with van der Waals surface area (Å²) < 4.78 is 0. The van der Waals surface area contributed by atoms with Gasteiger partial charge in [0.05, 0.1) is 6.61 Å². The minimum Gasteiger partial charge on any atom is -0.395 e. The second-order valence-electron chi connectivity index (χ2n) is 5.74. The van der Waals surface area contributed by atoms with Crippen molar-refractivity contribution < 1.29 is 5.11 Å². The van der Waals surface area contributed by atoms with Gasteiger partial charge >= 0.3 is 0 Å². The van der Waals surface area contributed by atoms with Gasteiger partial charge in [-0.1, -0.05) is 30.7 Å². The fourth-order valence-electron chi connectivity index (χ4n) is 3.66. The van der Waals surface area contributed by atoms with Crippen LogP contribution < -0.4 is 0 Å². The summed E-state index contributed by atoms with van der Waals surface area (Å²) in [7, 11) is 0. The molecular weight excluding hydrogens is 222 g/mol. The molecule has 0 bridgehead atoms. The number of hydrogen-bond acceptors (Lipinski definition) is 2.